The molecule has 13 N–H and O–H groups in total. The van der Waals surface area contributed by atoms with E-state index < -0.39 is 127 Å². The Bertz CT molecular complexity index is 2060. The van der Waals surface area contributed by atoms with Gasteiger partial charge < -0.3 is 91.3 Å². The van der Waals surface area contributed by atoms with Gasteiger partial charge in [-0.2, -0.15) is 0 Å². The van der Waals surface area contributed by atoms with E-state index in [1.165, 1.54) is 61.7 Å². The van der Waals surface area contributed by atoms with E-state index in [4.69, 9.17) is 23.7 Å². The van der Waals surface area contributed by atoms with Crippen LogP contribution >= 0.6 is 0 Å². The predicted octanol–water partition coefficient (Wildman–Crippen LogP) is -1.45. The van der Waals surface area contributed by atoms with E-state index in [2.05, 4.69) is 31.9 Å². The Hall–Kier alpha value is -6.96. The molecule has 1 aliphatic rings. The molecule has 0 aromatic heterocycles. The highest BCUT2D eigenvalue weighted by molar-refractivity contribution is 6.00. The van der Waals surface area contributed by atoms with E-state index in [0.717, 1.165) is 0 Å². The van der Waals surface area contributed by atoms with Gasteiger partial charge in [-0.3, -0.25) is 28.8 Å². The Morgan fingerprint density at radius 1 is 0.507 bits per heavy atom. The summed E-state index contributed by atoms with van der Waals surface area (Å²) in [6.45, 7) is -1.51. The van der Waals surface area contributed by atoms with Crippen molar-refractivity contribution in [3.8, 4) is 34.5 Å². The van der Waals surface area contributed by atoms with Crippen LogP contribution < -0.4 is 31.9 Å². The van der Waals surface area contributed by atoms with Crippen LogP contribution in [0.25, 0.3) is 0 Å². The highest BCUT2D eigenvalue weighted by atomic mass is 16.7. The fraction of sp³-hybridized carbons (Fsp3) is 0.442. The number of aliphatic hydroxyl groups is 1. The van der Waals surface area contributed by atoms with Gasteiger partial charge in [0.05, 0.1) is 42.9 Å². The molecule has 6 amide bonds. The molecule has 0 spiro atoms. The van der Waals surface area contributed by atoms with E-state index in [0.29, 0.717) is 0 Å². The monoisotopic (exact) mass is 944 g/mol. The van der Waals surface area contributed by atoms with Gasteiger partial charge in [-0.1, -0.05) is 18.2 Å². The van der Waals surface area contributed by atoms with Crippen LogP contribution in [0.15, 0.2) is 54.6 Å². The molecule has 366 valence electrons. The SMILES string of the molecule is COC1O[C@H](CO)[C@@H](OCCCNC(=O)CNC(=O)c2cccc(O)c2O)[C@H](OCCCNC(=O)CNC(=O)c2cccc(O)c2O)[C@H]1OCCCNC(=O)CNC(=O)c1cccc(O)c1O. The first kappa shape index (κ1) is 52.7. The average Bonchev–Trinajstić information content (AvgIpc) is 3.31. The Balaban J connectivity index is 1.30. The number of amides is 6. The predicted molar refractivity (Wildman–Crippen MR) is 231 cm³/mol. The zero-order valence-electron chi connectivity index (χ0n) is 36.4. The number of methoxy groups -OCH3 is 1. The largest absolute Gasteiger partial charge is 0.504 e. The lowest BCUT2D eigenvalue weighted by Crippen LogP contribution is -2.61. The fourth-order valence-electron chi connectivity index (χ4n) is 6.44. The first-order valence-electron chi connectivity index (χ1n) is 21.0. The van der Waals surface area contributed by atoms with E-state index >= 15 is 0 Å². The number of carbonyl (C=O) groups excluding carboxylic acids is 6. The first-order chi connectivity index (χ1) is 32.2. The molecule has 67 heavy (non-hydrogen) atoms. The van der Waals surface area contributed by atoms with Gasteiger partial charge in [-0.15, -0.1) is 0 Å². The summed E-state index contributed by atoms with van der Waals surface area (Å²) in [6.07, 6.45) is -4.23. The van der Waals surface area contributed by atoms with Crippen molar-refractivity contribution in [2.24, 2.45) is 0 Å². The fourth-order valence-corrected chi connectivity index (χ4v) is 6.44. The van der Waals surface area contributed by atoms with Gasteiger partial charge in [-0.05, 0) is 55.7 Å². The van der Waals surface area contributed by atoms with Crippen molar-refractivity contribution in [3.63, 3.8) is 0 Å². The topological polar surface area (TPSA) is 362 Å². The standard InChI is InChI=1S/C43H56N6O18/c1-63-43-39(66-19-7-16-46-33(56)22-49-42(62)26-10-4-13-29(53)36(26)59)38(65-18-6-15-45-32(55)21-48-41(61)25-9-3-12-28(52)35(25)58)37(30(23-50)67-43)64-17-5-14-44-31(54)20-47-40(60)24-8-2-11-27(51)34(24)57/h2-4,8-13,30,37-39,43,50-53,57-59H,5-7,14-23H2,1H3,(H,44,54)(H,45,55)(H,46,56)(H,47,60)(H,48,61)(H,49,62)/t30-,37-,38+,39-,43?/m1/s1. The normalized spacial score (nSPS) is 17.7. The van der Waals surface area contributed by atoms with E-state index in [-0.39, 0.29) is 75.4 Å². The zero-order valence-corrected chi connectivity index (χ0v) is 36.4. The van der Waals surface area contributed by atoms with Crippen LogP contribution in [0.5, 0.6) is 34.5 Å². The summed E-state index contributed by atoms with van der Waals surface area (Å²) in [7, 11) is 1.35. The highest BCUT2D eigenvalue weighted by Gasteiger charge is 2.48. The number of hydrogen-bond donors (Lipinski definition) is 13. The van der Waals surface area contributed by atoms with E-state index in [9.17, 15) is 64.5 Å². The van der Waals surface area contributed by atoms with Crippen molar-refractivity contribution >= 4 is 35.4 Å². The number of rotatable bonds is 26. The third-order valence-electron chi connectivity index (χ3n) is 9.87. The summed E-state index contributed by atoms with van der Waals surface area (Å²) in [5.41, 5.74) is -0.656. The summed E-state index contributed by atoms with van der Waals surface area (Å²) in [6, 6.07) is 11.5. The number of aliphatic hydroxyl groups excluding tert-OH is 1. The van der Waals surface area contributed by atoms with E-state index in [1.807, 2.05) is 0 Å². The zero-order chi connectivity index (χ0) is 48.9. The molecule has 0 saturated carbocycles. The third-order valence-corrected chi connectivity index (χ3v) is 9.87. The molecular formula is C43H56N6O18. The van der Waals surface area contributed by atoms with Gasteiger partial charge in [0.1, 0.15) is 24.4 Å². The van der Waals surface area contributed by atoms with Gasteiger partial charge in [0.25, 0.3) is 17.7 Å². The van der Waals surface area contributed by atoms with Crippen LogP contribution in [0.1, 0.15) is 50.3 Å². The van der Waals surface area contributed by atoms with Crippen LogP contribution in [0.2, 0.25) is 0 Å². The lowest BCUT2D eigenvalue weighted by Gasteiger charge is -2.45. The first-order valence-corrected chi connectivity index (χ1v) is 21.0. The minimum Gasteiger partial charge on any atom is -0.504 e. The molecule has 24 heteroatoms. The van der Waals surface area contributed by atoms with Crippen molar-refractivity contribution in [1.29, 1.82) is 0 Å². The lowest BCUT2D eigenvalue weighted by atomic mass is 9.98. The van der Waals surface area contributed by atoms with Crippen molar-refractivity contribution in [2.75, 3.05) is 72.8 Å². The summed E-state index contributed by atoms with van der Waals surface area (Å²) in [4.78, 5) is 74.5. The Morgan fingerprint density at radius 3 is 1.19 bits per heavy atom. The minimum absolute atomic E-state index is 0.00702. The molecule has 5 atom stereocenters. The molecular weight excluding hydrogens is 888 g/mol. The molecule has 1 heterocycles. The van der Waals surface area contributed by atoms with Crippen LogP contribution in [-0.4, -0.2) is 175 Å². The number of hydrogen-bond acceptors (Lipinski definition) is 18. The summed E-state index contributed by atoms with van der Waals surface area (Å²) in [5.74, 6) is -7.38. The van der Waals surface area contributed by atoms with Gasteiger partial charge in [0, 0.05) is 46.6 Å². The second kappa shape index (κ2) is 26.9. The van der Waals surface area contributed by atoms with Gasteiger partial charge in [-0.25, -0.2) is 0 Å². The van der Waals surface area contributed by atoms with Crippen molar-refractivity contribution < 1.29 is 88.2 Å². The number of carbonyl (C=O) groups is 6. The molecule has 0 aliphatic carbocycles. The molecule has 1 fully saturated rings. The van der Waals surface area contributed by atoms with Gasteiger partial charge in [0.2, 0.25) is 17.7 Å². The number of phenols is 6. The molecule has 0 bridgehead atoms. The number of ether oxygens (including phenoxy) is 5. The third kappa shape index (κ3) is 15.9. The quantitative estimate of drug-likeness (QED) is 0.0323. The van der Waals surface area contributed by atoms with Gasteiger partial charge >= 0.3 is 0 Å². The molecule has 0 radical (unpaired) electrons. The van der Waals surface area contributed by atoms with Crippen LogP contribution in [0.3, 0.4) is 0 Å². The van der Waals surface area contributed by atoms with E-state index in [1.54, 1.807) is 0 Å². The van der Waals surface area contributed by atoms with Crippen molar-refractivity contribution in [1.82, 2.24) is 31.9 Å². The smallest absolute Gasteiger partial charge is 0.255 e. The number of para-hydroxylation sites is 3. The Kier molecular flexibility index (Phi) is 21.1. The molecule has 1 unspecified atom stereocenters. The summed E-state index contributed by atoms with van der Waals surface area (Å²) in [5, 5.41) is 84.0. The molecule has 24 nitrogen and oxygen atoms in total. The molecule has 3 aromatic rings. The van der Waals surface area contributed by atoms with Crippen LogP contribution in [0, 0.1) is 0 Å². The maximum Gasteiger partial charge on any atom is 0.255 e. The average molecular weight is 945 g/mol. The maximum atomic E-state index is 12.5. The number of nitrogens with one attached hydrogen (secondary N) is 6. The number of phenolic OH excluding ortho intramolecular Hbond substituents is 6. The summed E-state index contributed by atoms with van der Waals surface area (Å²) < 4.78 is 30.1. The Labute approximate surface area is 383 Å². The van der Waals surface area contributed by atoms with Crippen molar-refractivity contribution in [2.45, 2.75) is 50.0 Å². The molecule has 3 aromatic carbocycles. The molecule has 1 aliphatic heterocycles. The second-order valence-electron chi connectivity index (χ2n) is 14.6. The van der Waals surface area contributed by atoms with Crippen LogP contribution in [0.4, 0.5) is 0 Å². The Morgan fingerprint density at radius 2 is 0.851 bits per heavy atom. The maximum absolute atomic E-state index is 12.5. The molecule has 1 saturated heterocycles. The highest BCUT2D eigenvalue weighted by Crippen LogP contribution is 2.31. The number of benzene rings is 3. The lowest BCUT2D eigenvalue weighted by molar-refractivity contribution is -0.316. The van der Waals surface area contributed by atoms with Crippen LogP contribution in [-0.2, 0) is 38.1 Å². The van der Waals surface area contributed by atoms with Gasteiger partial charge in [0.15, 0.2) is 40.8 Å². The summed E-state index contributed by atoms with van der Waals surface area (Å²) >= 11 is 0. The number of aromatic hydroxyl groups is 6. The van der Waals surface area contributed by atoms with Crippen molar-refractivity contribution in [3.05, 3.63) is 71.3 Å². The molecule has 4 rings (SSSR count). The second-order valence-corrected chi connectivity index (χ2v) is 14.6. The minimum atomic E-state index is -1.08.